The number of rotatable bonds is 6. The Hall–Kier alpha value is -2.94. The number of nitrogens with one attached hydrogen (secondary N) is 3. The van der Waals surface area contributed by atoms with Gasteiger partial charge < -0.3 is 15.4 Å². The summed E-state index contributed by atoms with van der Waals surface area (Å²) in [5.41, 5.74) is 1.88. The first-order chi connectivity index (χ1) is 13.0. The van der Waals surface area contributed by atoms with Gasteiger partial charge in [0.15, 0.2) is 0 Å². The van der Waals surface area contributed by atoms with Gasteiger partial charge in [0, 0.05) is 30.3 Å². The number of carbonyl (C=O) groups excluding carboxylic acids is 3. The Bertz CT molecular complexity index is 834. The first-order valence-electron chi connectivity index (χ1n) is 8.52. The third-order valence-electron chi connectivity index (χ3n) is 4.11. The van der Waals surface area contributed by atoms with Gasteiger partial charge in [-0.1, -0.05) is 0 Å². The van der Waals surface area contributed by atoms with E-state index in [1.807, 2.05) is 29.6 Å². The molecule has 3 rings (SSSR count). The molecule has 27 heavy (non-hydrogen) atoms. The normalized spacial score (nSPS) is 16.9. The van der Waals surface area contributed by atoms with Crippen LogP contribution < -0.4 is 20.7 Å². The lowest BCUT2D eigenvalue weighted by molar-refractivity contribution is -0.123. The lowest BCUT2D eigenvalue weighted by Crippen LogP contribution is -2.48. The van der Waals surface area contributed by atoms with Crippen LogP contribution in [0.2, 0.25) is 0 Å². The number of hydrogen-bond acceptors (Lipinski definition) is 6. The quantitative estimate of drug-likeness (QED) is 0.694. The second kappa shape index (κ2) is 8.63. The monoisotopic (exact) mass is 388 g/mol. The van der Waals surface area contributed by atoms with E-state index in [2.05, 4.69) is 20.9 Å². The number of methoxy groups -OCH3 is 1. The van der Waals surface area contributed by atoms with E-state index in [4.69, 9.17) is 4.74 Å². The number of urea groups is 1. The third kappa shape index (κ3) is 5.04. The van der Waals surface area contributed by atoms with E-state index in [0.29, 0.717) is 13.0 Å². The number of amides is 4. The number of imide groups is 1. The van der Waals surface area contributed by atoms with E-state index < -0.39 is 12.1 Å². The Kier molecular flexibility index (Phi) is 6.02. The molecule has 2 heterocycles. The van der Waals surface area contributed by atoms with Gasteiger partial charge in [-0.25, -0.2) is 9.78 Å². The highest BCUT2D eigenvalue weighted by Gasteiger charge is 2.25. The predicted molar refractivity (Wildman–Crippen MR) is 101 cm³/mol. The maximum Gasteiger partial charge on any atom is 0.322 e. The number of thiazole rings is 1. The number of aromatic nitrogens is 1. The van der Waals surface area contributed by atoms with Crippen LogP contribution in [0.5, 0.6) is 5.75 Å². The van der Waals surface area contributed by atoms with E-state index in [1.165, 1.54) is 11.3 Å². The summed E-state index contributed by atoms with van der Waals surface area (Å²) in [6, 6.07) is 6.32. The van der Waals surface area contributed by atoms with Gasteiger partial charge in [0.25, 0.3) is 0 Å². The summed E-state index contributed by atoms with van der Waals surface area (Å²) >= 11 is 1.53. The molecule has 0 saturated carbocycles. The molecule has 4 amide bonds. The van der Waals surface area contributed by atoms with Crippen molar-refractivity contribution in [2.75, 3.05) is 13.7 Å². The predicted octanol–water partition coefficient (Wildman–Crippen LogP) is 1.47. The Morgan fingerprint density at radius 1 is 1.33 bits per heavy atom. The fourth-order valence-corrected chi connectivity index (χ4v) is 3.47. The van der Waals surface area contributed by atoms with Gasteiger partial charge in [0.05, 0.1) is 17.8 Å². The van der Waals surface area contributed by atoms with Crippen LogP contribution in [0.25, 0.3) is 11.3 Å². The van der Waals surface area contributed by atoms with Crippen molar-refractivity contribution >= 4 is 29.2 Å². The SMILES string of the molecule is COc1ccc(-c2csc(CCNC(=O)C3CCC(=O)NC(=O)N3)n2)cc1. The summed E-state index contributed by atoms with van der Waals surface area (Å²) < 4.78 is 5.15. The second-order valence-corrected chi connectivity index (χ2v) is 6.95. The van der Waals surface area contributed by atoms with E-state index in [0.717, 1.165) is 22.0 Å². The van der Waals surface area contributed by atoms with Crippen molar-refractivity contribution in [2.24, 2.45) is 0 Å². The number of hydrogen-bond donors (Lipinski definition) is 3. The summed E-state index contributed by atoms with van der Waals surface area (Å²) in [7, 11) is 1.62. The minimum Gasteiger partial charge on any atom is -0.497 e. The van der Waals surface area contributed by atoms with E-state index in [-0.39, 0.29) is 24.7 Å². The number of nitrogens with zero attached hydrogens (tertiary/aromatic N) is 1. The molecule has 1 aromatic carbocycles. The largest absolute Gasteiger partial charge is 0.497 e. The van der Waals surface area contributed by atoms with Crippen LogP contribution in [-0.2, 0) is 16.0 Å². The molecule has 9 heteroatoms. The molecule has 1 aromatic heterocycles. The fourth-order valence-electron chi connectivity index (χ4n) is 2.66. The smallest absolute Gasteiger partial charge is 0.322 e. The van der Waals surface area contributed by atoms with Gasteiger partial charge in [0.1, 0.15) is 11.8 Å². The second-order valence-electron chi connectivity index (χ2n) is 6.01. The van der Waals surface area contributed by atoms with E-state index >= 15 is 0 Å². The standard InChI is InChI=1S/C18H20N4O4S/c1-26-12-4-2-11(3-5-12)14-10-27-16(20-14)8-9-19-17(24)13-6-7-15(23)22-18(25)21-13/h2-5,10,13H,6-9H2,1H3,(H,19,24)(H2,21,22,23,25). The summed E-state index contributed by atoms with van der Waals surface area (Å²) in [6.45, 7) is 0.405. The molecule has 1 fully saturated rings. The van der Waals surface area contributed by atoms with Crippen LogP contribution in [0.4, 0.5) is 4.79 Å². The van der Waals surface area contributed by atoms with Gasteiger partial charge >= 0.3 is 6.03 Å². The molecule has 1 aliphatic heterocycles. The van der Waals surface area contributed by atoms with Crippen LogP contribution in [0, 0.1) is 0 Å². The average Bonchev–Trinajstić information content (AvgIpc) is 3.06. The van der Waals surface area contributed by atoms with Gasteiger partial charge in [-0.05, 0) is 30.7 Å². The molecule has 1 aliphatic rings. The molecule has 2 aromatic rings. The first-order valence-corrected chi connectivity index (χ1v) is 9.40. The molecule has 0 bridgehead atoms. The minimum absolute atomic E-state index is 0.133. The molecular weight excluding hydrogens is 368 g/mol. The molecule has 1 atom stereocenters. The lowest BCUT2D eigenvalue weighted by atomic mass is 10.1. The first kappa shape index (κ1) is 18.8. The summed E-state index contributed by atoms with van der Waals surface area (Å²) in [6.07, 6.45) is 1.00. The fraction of sp³-hybridized carbons (Fsp3) is 0.333. The minimum atomic E-state index is -0.706. The molecule has 8 nitrogen and oxygen atoms in total. The topological polar surface area (TPSA) is 109 Å². The van der Waals surface area contributed by atoms with Crippen molar-refractivity contribution in [2.45, 2.75) is 25.3 Å². The van der Waals surface area contributed by atoms with Gasteiger partial charge in [-0.3, -0.25) is 14.9 Å². The zero-order chi connectivity index (χ0) is 19.2. The Morgan fingerprint density at radius 3 is 2.85 bits per heavy atom. The number of benzene rings is 1. The van der Waals surface area contributed by atoms with Crippen molar-refractivity contribution in [1.29, 1.82) is 0 Å². The van der Waals surface area contributed by atoms with E-state index in [9.17, 15) is 14.4 Å². The van der Waals surface area contributed by atoms with Crippen molar-refractivity contribution in [3.05, 3.63) is 34.7 Å². The van der Waals surface area contributed by atoms with Crippen molar-refractivity contribution in [3.63, 3.8) is 0 Å². The lowest BCUT2D eigenvalue weighted by Gasteiger charge is -2.14. The van der Waals surface area contributed by atoms with Gasteiger partial charge in [-0.15, -0.1) is 11.3 Å². The van der Waals surface area contributed by atoms with Crippen LogP contribution >= 0.6 is 11.3 Å². The molecule has 0 aliphatic carbocycles. The number of carbonyl (C=O) groups is 3. The highest BCUT2D eigenvalue weighted by molar-refractivity contribution is 7.09. The highest BCUT2D eigenvalue weighted by Crippen LogP contribution is 2.24. The van der Waals surface area contributed by atoms with Crippen LogP contribution in [-0.4, -0.2) is 42.5 Å². The Balaban J connectivity index is 1.50. The van der Waals surface area contributed by atoms with Crippen LogP contribution in [0.3, 0.4) is 0 Å². The van der Waals surface area contributed by atoms with Crippen molar-refractivity contribution in [3.8, 4) is 17.0 Å². The van der Waals surface area contributed by atoms with E-state index in [1.54, 1.807) is 7.11 Å². The zero-order valence-corrected chi connectivity index (χ0v) is 15.6. The molecule has 1 unspecified atom stereocenters. The van der Waals surface area contributed by atoms with Crippen molar-refractivity contribution < 1.29 is 19.1 Å². The van der Waals surface area contributed by atoms with Crippen LogP contribution in [0.1, 0.15) is 17.8 Å². The Morgan fingerprint density at radius 2 is 2.11 bits per heavy atom. The average molecular weight is 388 g/mol. The van der Waals surface area contributed by atoms with Gasteiger partial charge in [0.2, 0.25) is 11.8 Å². The molecule has 1 saturated heterocycles. The van der Waals surface area contributed by atoms with Crippen molar-refractivity contribution in [1.82, 2.24) is 20.9 Å². The molecular formula is C18H20N4O4S. The zero-order valence-electron chi connectivity index (χ0n) is 14.8. The maximum atomic E-state index is 12.2. The summed E-state index contributed by atoms with van der Waals surface area (Å²) in [4.78, 5) is 39.5. The third-order valence-corrected chi connectivity index (χ3v) is 5.02. The summed E-state index contributed by atoms with van der Waals surface area (Å²) in [5, 5.41) is 10.3. The van der Waals surface area contributed by atoms with Crippen LogP contribution in [0.15, 0.2) is 29.6 Å². The number of ether oxygens (including phenoxy) is 1. The molecule has 0 radical (unpaired) electrons. The molecule has 142 valence electrons. The Labute approximate surface area is 160 Å². The molecule has 0 spiro atoms. The molecule has 3 N–H and O–H groups in total. The summed E-state index contributed by atoms with van der Waals surface area (Å²) in [5.74, 6) is 0.114. The maximum absolute atomic E-state index is 12.2. The highest BCUT2D eigenvalue weighted by atomic mass is 32.1. The van der Waals surface area contributed by atoms with Gasteiger partial charge in [-0.2, -0.15) is 0 Å².